The lowest BCUT2D eigenvalue weighted by Gasteiger charge is -2.12. The Morgan fingerprint density at radius 1 is 1.10 bits per heavy atom. The number of aryl methyl sites for hydroxylation is 2. The molecule has 0 bridgehead atoms. The molecular formula is C21H20F2N4O3S. The first-order valence-corrected chi connectivity index (χ1v) is 10.2. The number of hydrogen-bond acceptors (Lipinski definition) is 7. The van der Waals surface area contributed by atoms with E-state index in [-0.39, 0.29) is 5.69 Å². The number of thioether (sulfide) groups is 1. The standard InChI is InChI=1S/C21H20F2N4O3S/c1-12-6-13(2)26-21(25-12)31-11-15-8-18(19(29-3)9-24-15)30-10-20(28)27-17-5-4-14(22)7-16(17)23/h4-9H,10-11H2,1-3H3,(H,27,28). The summed E-state index contributed by atoms with van der Waals surface area (Å²) in [6.07, 6.45) is 1.49. The Morgan fingerprint density at radius 3 is 2.52 bits per heavy atom. The van der Waals surface area contributed by atoms with Crippen molar-refractivity contribution in [1.82, 2.24) is 15.0 Å². The van der Waals surface area contributed by atoms with Gasteiger partial charge in [0, 0.05) is 29.3 Å². The maximum absolute atomic E-state index is 13.7. The molecular weight excluding hydrogens is 426 g/mol. The normalized spacial score (nSPS) is 10.6. The van der Waals surface area contributed by atoms with Gasteiger partial charge in [-0.3, -0.25) is 9.78 Å². The van der Waals surface area contributed by atoms with Crippen molar-refractivity contribution in [3.8, 4) is 11.5 Å². The van der Waals surface area contributed by atoms with Gasteiger partial charge in [0.15, 0.2) is 23.3 Å². The second kappa shape index (κ2) is 10.2. The lowest BCUT2D eigenvalue weighted by atomic mass is 10.3. The fourth-order valence-corrected chi connectivity index (χ4v) is 3.48. The number of nitrogens with one attached hydrogen (secondary N) is 1. The lowest BCUT2D eigenvalue weighted by Crippen LogP contribution is -2.21. The summed E-state index contributed by atoms with van der Waals surface area (Å²) in [5.74, 6) is -1.08. The number of nitrogens with zero attached hydrogens (tertiary/aromatic N) is 3. The number of carbonyl (C=O) groups is 1. The largest absolute Gasteiger partial charge is 0.491 e. The highest BCUT2D eigenvalue weighted by atomic mass is 32.2. The van der Waals surface area contributed by atoms with E-state index in [1.54, 1.807) is 6.07 Å². The highest BCUT2D eigenvalue weighted by Crippen LogP contribution is 2.29. The molecule has 0 saturated heterocycles. The van der Waals surface area contributed by atoms with Crippen LogP contribution in [0.3, 0.4) is 0 Å². The summed E-state index contributed by atoms with van der Waals surface area (Å²) in [7, 11) is 1.45. The van der Waals surface area contributed by atoms with Crippen molar-refractivity contribution in [3.63, 3.8) is 0 Å². The van der Waals surface area contributed by atoms with Gasteiger partial charge in [-0.15, -0.1) is 0 Å². The number of hydrogen-bond donors (Lipinski definition) is 1. The van der Waals surface area contributed by atoms with Gasteiger partial charge in [-0.05, 0) is 32.0 Å². The van der Waals surface area contributed by atoms with E-state index in [4.69, 9.17) is 9.47 Å². The maximum Gasteiger partial charge on any atom is 0.262 e. The van der Waals surface area contributed by atoms with Crippen molar-refractivity contribution in [2.75, 3.05) is 19.0 Å². The van der Waals surface area contributed by atoms with Crippen molar-refractivity contribution >= 4 is 23.4 Å². The zero-order chi connectivity index (χ0) is 22.4. The molecule has 0 spiro atoms. The fourth-order valence-electron chi connectivity index (χ4n) is 2.63. The maximum atomic E-state index is 13.7. The van der Waals surface area contributed by atoms with Crippen molar-refractivity contribution in [3.05, 3.63) is 65.2 Å². The summed E-state index contributed by atoms with van der Waals surface area (Å²) >= 11 is 1.42. The van der Waals surface area contributed by atoms with Gasteiger partial charge in [-0.1, -0.05) is 11.8 Å². The molecule has 1 amide bonds. The van der Waals surface area contributed by atoms with E-state index in [0.717, 1.165) is 23.5 Å². The Bertz CT molecular complexity index is 1080. The molecule has 0 saturated carbocycles. The van der Waals surface area contributed by atoms with E-state index in [9.17, 15) is 13.6 Å². The lowest BCUT2D eigenvalue weighted by molar-refractivity contribution is -0.118. The number of pyridine rings is 1. The highest BCUT2D eigenvalue weighted by Gasteiger charge is 2.13. The zero-order valence-electron chi connectivity index (χ0n) is 17.1. The highest BCUT2D eigenvalue weighted by molar-refractivity contribution is 7.98. The minimum Gasteiger partial charge on any atom is -0.491 e. The molecule has 3 rings (SSSR count). The summed E-state index contributed by atoms with van der Waals surface area (Å²) in [5.41, 5.74) is 2.30. The molecule has 0 radical (unpaired) electrons. The number of ether oxygens (including phenoxy) is 2. The molecule has 10 heteroatoms. The molecule has 0 aliphatic rings. The summed E-state index contributed by atoms with van der Waals surface area (Å²) in [6, 6.07) is 6.42. The minimum absolute atomic E-state index is 0.137. The second-order valence-electron chi connectivity index (χ2n) is 6.51. The van der Waals surface area contributed by atoms with E-state index in [1.807, 2.05) is 19.9 Å². The van der Waals surface area contributed by atoms with Gasteiger partial charge in [0.1, 0.15) is 11.6 Å². The number of rotatable bonds is 8. The van der Waals surface area contributed by atoms with E-state index in [1.165, 1.54) is 25.1 Å². The van der Waals surface area contributed by atoms with Crippen LogP contribution >= 0.6 is 11.8 Å². The topological polar surface area (TPSA) is 86.2 Å². The van der Waals surface area contributed by atoms with Crippen molar-refractivity contribution < 1.29 is 23.0 Å². The first-order chi connectivity index (χ1) is 14.8. The molecule has 0 aliphatic carbocycles. The summed E-state index contributed by atoms with van der Waals surface area (Å²) in [4.78, 5) is 25.2. The van der Waals surface area contributed by atoms with Gasteiger partial charge in [0.25, 0.3) is 5.91 Å². The second-order valence-corrected chi connectivity index (χ2v) is 7.45. The van der Waals surface area contributed by atoms with Crippen LogP contribution in [0.25, 0.3) is 0 Å². The van der Waals surface area contributed by atoms with Gasteiger partial charge in [-0.2, -0.15) is 0 Å². The SMILES string of the molecule is COc1cnc(CSc2nc(C)cc(C)n2)cc1OCC(=O)Nc1ccc(F)cc1F. The molecule has 7 nitrogen and oxygen atoms in total. The van der Waals surface area contributed by atoms with E-state index in [0.29, 0.717) is 34.2 Å². The van der Waals surface area contributed by atoms with Crippen molar-refractivity contribution in [2.24, 2.45) is 0 Å². The predicted octanol–water partition coefficient (Wildman–Crippen LogP) is 4.09. The smallest absolute Gasteiger partial charge is 0.262 e. The summed E-state index contributed by atoms with van der Waals surface area (Å²) in [5, 5.41) is 2.97. The molecule has 3 aromatic rings. The van der Waals surface area contributed by atoms with Gasteiger partial charge in [0.2, 0.25) is 0 Å². The molecule has 1 N–H and O–H groups in total. The fraction of sp³-hybridized carbons (Fsp3) is 0.238. The van der Waals surface area contributed by atoms with Crippen LogP contribution in [0.2, 0.25) is 0 Å². The molecule has 0 fully saturated rings. The van der Waals surface area contributed by atoms with Crippen molar-refractivity contribution in [1.29, 1.82) is 0 Å². The Morgan fingerprint density at radius 2 is 1.84 bits per heavy atom. The Hall–Kier alpha value is -3.27. The first kappa shape index (κ1) is 22.4. The third-order valence-corrected chi connectivity index (χ3v) is 4.86. The quantitative estimate of drug-likeness (QED) is 0.412. The number of aromatic nitrogens is 3. The number of methoxy groups -OCH3 is 1. The number of halogens is 2. The number of anilines is 1. The van der Waals surface area contributed by atoms with Crippen LogP contribution in [0.1, 0.15) is 17.1 Å². The molecule has 2 aromatic heterocycles. The molecule has 2 heterocycles. The third-order valence-electron chi connectivity index (χ3n) is 3.98. The number of benzene rings is 1. The summed E-state index contributed by atoms with van der Waals surface area (Å²) in [6.45, 7) is 3.41. The van der Waals surface area contributed by atoms with E-state index in [2.05, 4.69) is 20.3 Å². The average Bonchev–Trinajstić information content (AvgIpc) is 2.72. The van der Waals surface area contributed by atoms with Gasteiger partial charge in [-0.25, -0.2) is 18.7 Å². The summed E-state index contributed by atoms with van der Waals surface area (Å²) < 4.78 is 37.4. The molecule has 162 valence electrons. The number of amides is 1. The van der Waals surface area contributed by atoms with Crippen LogP contribution in [0.5, 0.6) is 11.5 Å². The van der Waals surface area contributed by atoms with Crippen molar-refractivity contribution in [2.45, 2.75) is 24.8 Å². The minimum atomic E-state index is -0.872. The van der Waals surface area contributed by atoms with Crippen LogP contribution in [0.4, 0.5) is 14.5 Å². The van der Waals surface area contributed by atoms with Crippen LogP contribution in [-0.2, 0) is 10.5 Å². The van der Waals surface area contributed by atoms with Crippen LogP contribution < -0.4 is 14.8 Å². The molecule has 1 aromatic carbocycles. The van der Waals surface area contributed by atoms with E-state index >= 15 is 0 Å². The first-order valence-electron chi connectivity index (χ1n) is 9.19. The molecule has 31 heavy (non-hydrogen) atoms. The Balaban J connectivity index is 1.63. The molecule has 0 atom stereocenters. The number of carbonyl (C=O) groups excluding carboxylic acids is 1. The van der Waals surface area contributed by atoms with Gasteiger partial charge in [0.05, 0.1) is 24.7 Å². The van der Waals surface area contributed by atoms with Crippen LogP contribution in [0, 0.1) is 25.5 Å². The Labute approximate surface area is 182 Å². The van der Waals surface area contributed by atoms with Gasteiger partial charge >= 0.3 is 0 Å². The van der Waals surface area contributed by atoms with Crippen LogP contribution in [0.15, 0.2) is 41.7 Å². The third kappa shape index (κ3) is 6.35. The van der Waals surface area contributed by atoms with Gasteiger partial charge < -0.3 is 14.8 Å². The molecule has 0 unspecified atom stereocenters. The molecule has 0 aliphatic heterocycles. The van der Waals surface area contributed by atoms with E-state index < -0.39 is 24.1 Å². The average molecular weight is 446 g/mol. The van der Waals surface area contributed by atoms with Crippen LogP contribution in [-0.4, -0.2) is 34.6 Å². The monoisotopic (exact) mass is 446 g/mol. The predicted molar refractivity (Wildman–Crippen MR) is 112 cm³/mol. The Kier molecular flexibility index (Phi) is 7.35. The zero-order valence-corrected chi connectivity index (χ0v) is 17.9.